The number of pyridine rings is 1. The lowest BCUT2D eigenvalue weighted by molar-refractivity contribution is -0.432. The Kier molecular flexibility index (Phi) is 8.41. The average molecular weight is 659 g/mol. The van der Waals surface area contributed by atoms with Gasteiger partial charge in [0.2, 0.25) is 0 Å². The summed E-state index contributed by atoms with van der Waals surface area (Å²) in [5.41, 5.74) is 8.95. The van der Waals surface area contributed by atoms with E-state index in [-0.39, 0.29) is 27.8 Å². The highest BCUT2D eigenvalue weighted by Crippen LogP contribution is 2.45. The largest absolute Gasteiger partial charge is 0.505 e. The molecule has 0 atom stereocenters. The molecule has 0 bridgehead atoms. The molecule has 46 heavy (non-hydrogen) atoms. The van der Waals surface area contributed by atoms with Crippen molar-refractivity contribution in [1.29, 1.82) is 0 Å². The third-order valence-electron chi connectivity index (χ3n) is 6.77. The molecule has 0 aliphatic carbocycles. The molecule has 0 aliphatic rings. The summed E-state index contributed by atoms with van der Waals surface area (Å²) in [5.74, 6) is -0.102. The van der Waals surface area contributed by atoms with Gasteiger partial charge < -0.3 is 10.8 Å². The molecule has 17 heteroatoms. The summed E-state index contributed by atoms with van der Waals surface area (Å²) in [6, 6.07) is 21.1. The molecule has 6 aromatic rings. The number of aromatic nitrogens is 3. The van der Waals surface area contributed by atoms with Crippen molar-refractivity contribution in [2.75, 3.05) is 5.73 Å². The van der Waals surface area contributed by atoms with Crippen LogP contribution in [0.2, 0.25) is 0 Å². The van der Waals surface area contributed by atoms with Crippen LogP contribution in [-0.2, 0) is 19.5 Å². The van der Waals surface area contributed by atoms with Crippen LogP contribution in [0.4, 0.5) is 28.6 Å². The predicted octanol–water partition coefficient (Wildman–Crippen LogP) is 7.68. The number of benzene rings is 4. The van der Waals surface area contributed by atoms with Crippen LogP contribution in [0.1, 0.15) is 5.69 Å². The van der Waals surface area contributed by atoms with E-state index in [0.717, 1.165) is 5.39 Å². The minimum Gasteiger partial charge on any atom is -0.505 e. The van der Waals surface area contributed by atoms with Crippen LogP contribution in [0.3, 0.4) is 0 Å². The third-order valence-corrected chi connectivity index (χ3v) is 8.26. The van der Waals surface area contributed by atoms with Crippen LogP contribution >= 0.6 is 12.0 Å². The van der Waals surface area contributed by atoms with Crippen molar-refractivity contribution >= 4 is 72.4 Å². The summed E-state index contributed by atoms with van der Waals surface area (Å²) in [6.45, 7) is 1.68. The Morgan fingerprint density at radius 1 is 0.913 bits per heavy atom. The van der Waals surface area contributed by atoms with Gasteiger partial charge in [-0.05, 0) is 66.9 Å². The van der Waals surface area contributed by atoms with Gasteiger partial charge in [-0.3, -0.25) is 9.54 Å². The van der Waals surface area contributed by atoms with Crippen molar-refractivity contribution in [1.82, 2.24) is 14.8 Å². The minimum absolute atomic E-state index is 0.0398. The molecule has 0 fully saturated rings. The Hall–Kier alpha value is -5.30. The molecular formula is C29H22N8O7S2. The molecule has 232 valence electrons. The van der Waals surface area contributed by atoms with Gasteiger partial charge in [0.05, 0.1) is 44.4 Å². The van der Waals surface area contributed by atoms with Gasteiger partial charge in [0.25, 0.3) is 10.1 Å². The Labute approximate surface area is 264 Å². The maximum atomic E-state index is 11.4. The first-order chi connectivity index (χ1) is 22.1. The zero-order chi connectivity index (χ0) is 32.4. The van der Waals surface area contributed by atoms with Gasteiger partial charge in [-0.2, -0.15) is 18.6 Å². The maximum absolute atomic E-state index is 11.4. The number of aryl methyl sites for hydroxylation is 1. The van der Waals surface area contributed by atoms with Crippen molar-refractivity contribution in [3.05, 3.63) is 90.8 Å². The number of para-hydroxylation sites is 1. The fourth-order valence-electron chi connectivity index (χ4n) is 4.60. The molecule has 0 unspecified atom stereocenters. The molecule has 15 nitrogen and oxygen atoms in total. The van der Waals surface area contributed by atoms with Crippen molar-refractivity contribution in [3.63, 3.8) is 0 Å². The topological polar surface area (TPSA) is 219 Å². The molecule has 2 aromatic heterocycles. The van der Waals surface area contributed by atoms with E-state index in [1.807, 2.05) is 24.3 Å². The monoisotopic (exact) mass is 658 g/mol. The predicted molar refractivity (Wildman–Crippen MR) is 169 cm³/mol. The van der Waals surface area contributed by atoms with E-state index in [4.69, 9.17) is 11.0 Å². The van der Waals surface area contributed by atoms with E-state index < -0.39 is 10.1 Å². The number of anilines is 1. The van der Waals surface area contributed by atoms with Crippen LogP contribution in [0.25, 0.3) is 27.4 Å². The van der Waals surface area contributed by atoms with Gasteiger partial charge in [-0.1, -0.05) is 29.3 Å². The van der Waals surface area contributed by atoms with Crippen LogP contribution in [0.15, 0.2) is 115 Å². The molecule has 0 amide bonds. The first-order valence-electron chi connectivity index (χ1n) is 13.2. The van der Waals surface area contributed by atoms with Crippen LogP contribution in [0, 0.1) is 6.92 Å². The third kappa shape index (κ3) is 6.13. The highest BCUT2D eigenvalue weighted by molar-refractivity contribution is 7.94. The molecule has 0 saturated heterocycles. The lowest BCUT2D eigenvalue weighted by Crippen LogP contribution is -2.03. The fraction of sp³-hybridized carbons (Fsp3) is 0.0345. The molecule has 0 saturated carbocycles. The Balaban J connectivity index is 1.35. The van der Waals surface area contributed by atoms with Gasteiger partial charge >= 0.3 is 0 Å². The lowest BCUT2D eigenvalue weighted by Gasteiger charge is -2.09. The Morgan fingerprint density at radius 3 is 2.43 bits per heavy atom. The number of phenols is 1. The minimum atomic E-state index is -4.36. The van der Waals surface area contributed by atoms with Crippen LogP contribution < -0.4 is 5.73 Å². The zero-order valence-corrected chi connectivity index (χ0v) is 25.2. The van der Waals surface area contributed by atoms with Crippen LogP contribution in [-0.4, -0.2) is 38.1 Å². The number of hydrogen-bond acceptors (Lipinski definition) is 14. The number of nitrogen functional groups attached to an aromatic ring is 1. The van der Waals surface area contributed by atoms with Crippen LogP contribution in [0.5, 0.6) is 5.75 Å². The summed E-state index contributed by atoms with van der Waals surface area (Å²) < 4.78 is 38.0. The van der Waals surface area contributed by atoms with E-state index in [9.17, 15) is 18.1 Å². The number of phenolic OH excluding ortho intramolecular Hbond substituents is 1. The van der Waals surface area contributed by atoms with E-state index in [1.165, 1.54) is 28.9 Å². The van der Waals surface area contributed by atoms with Crippen molar-refractivity contribution < 1.29 is 32.7 Å². The molecule has 2 heterocycles. The number of nitrogens with zero attached hydrogens (tertiary/aromatic N) is 7. The number of rotatable bonds is 9. The number of nitrogens with two attached hydrogens (primary N) is 1. The van der Waals surface area contributed by atoms with Gasteiger partial charge in [-0.15, -0.1) is 19.7 Å². The first kappa shape index (κ1) is 30.7. The van der Waals surface area contributed by atoms with Gasteiger partial charge in [0, 0.05) is 17.0 Å². The standard InChI is InChI=1S/C29H22N8O7S2/c1-16-25(29(30)37(36-16)20-9-11-21(12-10-20)46(40,41)42)34-32-19-8-7-18-14-24(45-44-43-39)27(28(38)22(18)15-19)35-33-23-6-2-4-17-5-3-13-31-26(17)23/h2-15,38-39H,30H2,1H3,(H,40,41,42). The summed E-state index contributed by atoms with van der Waals surface area (Å²) >= 11 is 0.623. The van der Waals surface area contributed by atoms with Crippen molar-refractivity contribution in [2.45, 2.75) is 16.7 Å². The summed E-state index contributed by atoms with van der Waals surface area (Å²) in [7, 11) is -4.36. The second-order valence-corrected chi connectivity index (χ2v) is 11.8. The molecular weight excluding hydrogens is 637 g/mol. The molecule has 0 aliphatic heterocycles. The highest BCUT2D eigenvalue weighted by atomic mass is 32.2. The number of azo groups is 2. The Morgan fingerprint density at radius 2 is 1.67 bits per heavy atom. The smallest absolute Gasteiger partial charge is 0.294 e. The van der Waals surface area contributed by atoms with Crippen molar-refractivity contribution in [3.8, 4) is 11.4 Å². The first-order valence-corrected chi connectivity index (χ1v) is 15.4. The average Bonchev–Trinajstić information content (AvgIpc) is 3.34. The SMILES string of the molecule is Cc1nn(-c2ccc(S(=O)(=O)O)cc2)c(N)c1N=Nc1ccc2cc(SOOO)c(N=Nc3cccc4cccnc34)c(O)c2c1. The zero-order valence-electron chi connectivity index (χ0n) is 23.6. The summed E-state index contributed by atoms with van der Waals surface area (Å²) in [5, 5.41) is 47.2. The fourth-order valence-corrected chi connectivity index (χ4v) is 5.58. The quantitative estimate of drug-likeness (QED) is 0.0388. The molecule has 4 aromatic carbocycles. The number of aromatic hydroxyl groups is 1. The van der Waals surface area contributed by atoms with Crippen molar-refractivity contribution in [2.24, 2.45) is 20.5 Å². The molecule has 0 radical (unpaired) electrons. The molecule has 5 N–H and O–H groups in total. The number of fused-ring (bicyclic) bond motifs is 2. The van der Waals surface area contributed by atoms with Gasteiger partial charge in [0.1, 0.15) is 11.4 Å². The Bertz CT molecular complexity index is 2270. The van der Waals surface area contributed by atoms with Gasteiger partial charge in [0.15, 0.2) is 17.3 Å². The maximum Gasteiger partial charge on any atom is 0.294 e. The van der Waals surface area contributed by atoms with E-state index in [2.05, 4.69) is 39.9 Å². The molecule has 6 rings (SSSR count). The van der Waals surface area contributed by atoms with E-state index >= 15 is 0 Å². The second-order valence-electron chi connectivity index (χ2n) is 9.66. The normalized spacial score (nSPS) is 12.2. The molecule has 0 spiro atoms. The van der Waals surface area contributed by atoms with E-state index in [1.54, 1.807) is 43.5 Å². The highest BCUT2D eigenvalue weighted by Gasteiger charge is 2.18. The van der Waals surface area contributed by atoms with E-state index in [0.29, 0.717) is 56.0 Å². The van der Waals surface area contributed by atoms with Gasteiger partial charge in [-0.25, -0.2) is 9.94 Å². The summed E-state index contributed by atoms with van der Waals surface area (Å²) in [6.07, 6.45) is 1.64. The summed E-state index contributed by atoms with van der Waals surface area (Å²) in [4.78, 5) is 4.40. The lowest BCUT2D eigenvalue weighted by atomic mass is 10.1. The second kappa shape index (κ2) is 12.6. The number of hydrogen-bond donors (Lipinski definition) is 4.